The third-order valence-corrected chi connectivity index (χ3v) is 5.24. The van der Waals surface area contributed by atoms with Crippen molar-refractivity contribution in [3.05, 3.63) is 59.2 Å². The number of fused-ring (bicyclic) bond motifs is 2. The van der Waals surface area contributed by atoms with Crippen LogP contribution >= 0.6 is 0 Å². The van der Waals surface area contributed by atoms with Gasteiger partial charge in [0.1, 0.15) is 5.75 Å². The van der Waals surface area contributed by atoms with Gasteiger partial charge in [-0.05, 0) is 55.8 Å². The minimum Gasteiger partial charge on any atom is -0.474 e. The standard InChI is InChI=1S/C22H26N2O2/c1-4-23-18-11-10-17-14-22(21(24-5-2)25-20(17)13-18)15(3)12-16-8-6-7-9-19(16)26-22/h6-12,14,20-21,24H,4-5,13H2,1-3H3. The Morgan fingerprint density at radius 2 is 2.08 bits per heavy atom. The zero-order chi connectivity index (χ0) is 18.1. The van der Waals surface area contributed by atoms with E-state index >= 15 is 0 Å². The maximum atomic E-state index is 6.56. The molecule has 4 heteroatoms. The van der Waals surface area contributed by atoms with Gasteiger partial charge in [0.05, 0.1) is 6.10 Å². The number of likely N-dealkylation sites (N-methyl/N-ethyl adjacent to an activating group) is 1. The zero-order valence-electron chi connectivity index (χ0n) is 15.7. The molecular weight excluding hydrogens is 324 g/mol. The van der Waals surface area contributed by atoms with Gasteiger partial charge in [-0.3, -0.25) is 10.3 Å². The molecule has 1 aromatic rings. The number of rotatable bonds is 3. The normalized spacial score (nSPS) is 31.1. The molecule has 2 heterocycles. The average Bonchev–Trinajstić information content (AvgIpc) is 2.64. The van der Waals surface area contributed by atoms with Crippen LogP contribution in [0.25, 0.3) is 6.08 Å². The molecule has 3 atom stereocenters. The fourth-order valence-corrected chi connectivity index (χ4v) is 3.94. The molecule has 0 aromatic heterocycles. The van der Waals surface area contributed by atoms with Crippen molar-refractivity contribution >= 4 is 11.8 Å². The van der Waals surface area contributed by atoms with Crippen molar-refractivity contribution in [3.63, 3.8) is 0 Å². The van der Waals surface area contributed by atoms with Crippen LogP contribution in [-0.2, 0) is 4.74 Å². The Balaban J connectivity index is 1.78. The molecule has 3 aliphatic rings. The lowest BCUT2D eigenvalue weighted by atomic mass is 9.81. The number of benzene rings is 1. The SMILES string of the molecule is CCN=C1C=CC2=CC3(Oc4ccccc4C=C3C)C(NCC)OC2C1. The molecule has 3 unspecified atom stereocenters. The van der Waals surface area contributed by atoms with Crippen molar-refractivity contribution in [3.8, 4) is 5.75 Å². The van der Waals surface area contributed by atoms with Crippen LogP contribution in [0.4, 0.5) is 0 Å². The molecule has 26 heavy (non-hydrogen) atoms. The summed E-state index contributed by atoms with van der Waals surface area (Å²) in [6.45, 7) is 7.89. The number of nitrogens with zero attached hydrogens (tertiary/aromatic N) is 1. The highest BCUT2D eigenvalue weighted by molar-refractivity contribution is 5.97. The summed E-state index contributed by atoms with van der Waals surface area (Å²) in [5, 5.41) is 3.49. The molecule has 0 saturated heterocycles. The quantitative estimate of drug-likeness (QED) is 0.899. The summed E-state index contributed by atoms with van der Waals surface area (Å²) in [7, 11) is 0. The smallest absolute Gasteiger partial charge is 0.188 e. The molecule has 0 fully saturated rings. The number of ether oxygens (including phenoxy) is 2. The van der Waals surface area contributed by atoms with E-state index in [4.69, 9.17) is 9.47 Å². The Labute approximate surface area is 155 Å². The molecule has 4 rings (SSSR count). The minimum absolute atomic E-state index is 0.0218. The predicted molar refractivity (Wildman–Crippen MR) is 106 cm³/mol. The average molecular weight is 350 g/mol. The Morgan fingerprint density at radius 3 is 2.88 bits per heavy atom. The summed E-state index contributed by atoms with van der Waals surface area (Å²) in [5.74, 6) is 0.896. The number of hydrogen-bond acceptors (Lipinski definition) is 4. The lowest BCUT2D eigenvalue weighted by molar-refractivity contribution is -0.101. The lowest BCUT2D eigenvalue weighted by Crippen LogP contribution is -2.60. The van der Waals surface area contributed by atoms with Gasteiger partial charge in [-0.2, -0.15) is 0 Å². The molecule has 136 valence electrons. The Bertz CT molecular complexity index is 821. The first kappa shape index (κ1) is 17.3. The van der Waals surface area contributed by atoms with Gasteiger partial charge in [0.15, 0.2) is 11.8 Å². The molecule has 0 saturated carbocycles. The van der Waals surface area contributed by atoms with Gasteiger partial charge >= 0.3 is 0 Å². The van der Waals surface area contributed by atoms with E-state index in [1.807, 2.05) is 18.2 Å². The van der Waals surface area contributed by atoms with E-state index in [1.165, 1.54) is 5.57 Å². The Morgan fingerprint density at radius 1 is 1.23 bits per heavy atom. The molecule has 0 bridgehead atoms. The molecular formula is C22H26N2O2. The fourth-order valence-electron chi connectivity index (χ4n) is 3.94. The third kappa shape index (κ3) is 2.83. The summed E-state index contributed by atoms with van der Waals surface area (Å²) < 4.78 is 13.1. The molecule has 4 nitrogen and oxygen atoms in total. The van der Waals surface area contributed by atoms with Crippen molar-refractivity contribution < 1.29 is 9.47 Å². The van der Waals surface area contributed by atoms with Crippen LogP contribution in [0.3, 0.4) is 0 Å². The van der Waals surface area contributed by atoms with Gasteiger partial charge in [-0.25, -0.2) is 0 Å². The number of aliphatic imine (C=N–C) groups is 1. The monoisotopic (exact) mass is 350 g/mol. The Kier molecular flexibility index (Phi) is 4.55. The van der Waals surface area contributed by atoms with E-state index in [1.54, 1.807) is 0 Å². The zero-order valence-corrected chi connectivity index (χ0v) is 15.7. The third-order valence-electron chi connectivity index (χ3n) is 5.24. The number of allylic oxidation sites excluding steroid dienone is 1. The summed E-state index contributed by atoms with van der Waals surface area (Å²) in [5.41, 5.74) is 3.90. The van der Waals surface area contributed by atoms with Crippen molar-refractivity contribution in [2.24, 2.45) is 4.99 Å². The highest BCUT2D eigenvalue weighted by Gasteiger charge is 2.49. The Hall–Kier alpha value is -2.17. The van der Waals surface area contributed by atoms with Crippen LogP contribution in [0.1, 0.15) is 32.8 Å². The molecule has 2 aliphatic heterocycles. The van der Waals surface area contributed by atoms with Crippen LogP contribution < -0.4 is 10.1 Å². The molecule has 0 radical (unpaired) electrons. The van der Waals surface area contributed by atoms with Gasteiger partial charge in [-0.15, -0.1) is 0 Å². The first-order valence-corrected chi connectivity index (χ1v) is 9.46. The summed E-state index contributed by atoms with van der Waals surface area (Å²) in [6.07, 6.45) is 9.29. The molecule has 1 aromatic carbocycles. The van der Waals surface area contributed by atoms with E-state index in [2.05, 4.69) is 61.5 Å². The number of hydrogen-bond donors (Lipinski definition) is 1. The maximum absolute atomic E-state index is 6.56. The first-order chi connectivity index (χ1) is 12.7. The molecule has 1 aliphatic carbocycles. The molecule has 0 amide bonds. The van der Waals surface area contributed by atoms with Gasteiger partial charge in [0.2, 0.25) is 0 Å². The molecule has 1 spiro atoms. The highest BCUT2D eigenvalue weighted by atomic mass is 16.6. The van der Waals surface area contributed by atoms with Crippen LogP contribution in [0.2, 0.25) is 0 Å². The van der Waals surface area contributed by atoms with Crippen molar-refractivity contribution in [1.29, 1.82) is 0 Å². The van der Waals surface area contributed by atoms with E-state index in [0.717, 1.165) is 42.1 Å². The van der Waals surface area contributed by atoms with Crippen molar-refractivity contribution in [2.45, 2.75) is 45.1 Å². The minimum atomic E-state index is -0.625. The second-order valence-electron chi connectivity index (χ2n) is 6.97. The van der Waals surface area contributed by atoms with Crippen molar-refractivity contribution in [1.82, 2.24) is 5.32 Å². The predicted octanol–water partition coefficient (Wildman–Crippen LogP) is 3.90. The van der Waals surface area contributed by atoms with Crippen LogP contribution in [0, 0.1) is 0 Å². The van der Waals surface area contributed by atoms with Gasteiger partial charge in [-0.1, -0.05) is 31.2 Å². The second-order valence-corrected chi connectivity index (χ2v) is 6.97. The van der Waals surface area contributed by atoms with Crippen LogP contribution in [0.5, 0.6) is 5.75 Å². The number of nitrogens with one attached hydrogen (secondary N) is 1. The van der Waals surface area contributed by atoms with E-state index in [-0.39, 0.29) is 12.3 Å². The largest absolute Gasteiger partial charge is 0.474 e. The highest BCUT2D eigenvalue weighted by Crippen LogP contribution is 2.43. The number of para-hydroxylation sites is 1. The van der Waals surface area contributed by atoms with Gasteiger partial charge in [0, 0.05) is 24.2 Å². The summed E-state index contributed by atoms with van der Waals surface area (Å²) in [6, 6.07) is 8.16. The summed E-state index contributed by atoms with van der Waals surface area (Å²) in [4.78, 5) is 4.55. The van der Waals surface area contributed by atoms with Crippen LogP contribution in [0.15, 0.2) is 58.6 Å². The van der Waals surface area contributed by atoms with Gasteiger partial charge < -0.3 is 9.47 Å². The first-order valence-electron chi connectivity index (χ1n) is 9.46. The topological polar surface area (TPSA) is 42.8 Å². The molecule has 1 N–H and O–H groups in total. The van der Waals surface area contributed by atoms with E-state index in [9.17, 15) is 0 Å². The van der Waals surface area contributed by atoms with Crippen LogP contribution in [-0.4, -0.2) is 36.7 Å². The lowest BCUT2D eigenvalue weighted by Gasteiger charge is -2.47. The van der Waals surface area contributed by atoms with Crippen molar-refractivity contribution in [2.75, 3.05) is 13.1 Å². The second kappa shape index (κ2) is 6.86. The van der Waals surface area contributed by atoms with E-state index in [0.29, 0.717) is 0 Å². The van der Waals surface area contributed by atoms with E-state index < -0.39 is 5.60 Å². The van der Waals surface area contributed by atoms with Gasteiger partial charge in [0.25, 0.3) is 0 Å². The summed E-state index contributed by atoms with van der Waals surface area (Å²) >= 11 is 0. The fraction of sp³-hybridized carbons (Fsp3) is 0.409. The maximum Gasteiger partial charge on any atom is 0.188 e.